The van der Waals surface area contributed by atoms with E-state index < -0.39 is 0 Å². The molecule has 2 unspecified atom stereocenters. The van der Waals surface area contributed by atoms with Crippen LogP contribution in [0.2, 0.25) is 0 Å². The Hall–Kier alpha value is 0.690. The van der Waals surface area contributed by atoms with E-state index in [2.05, 4.69) is 47.2 Å². The van der Waals surface area contributed by atoms with Crippen LogP contribution in [0, 0.1) is 5.92 Å². The Kier molecular flexibility index (Phi) is 8.77. The number of hydrogen-bond donors (Lipinski definition) is 1. The second kappa shape index (κ2) is 8.30. The molecule has 0 radical (unpaired) electrons. The number of unbranched alkanes of at least 4 members (excludes halogenated alkanes) is 2. The summed E-state index contributed by atoms with van der Waals surface area (Å²) in [6.07, 6.45) is 6.74. The number of hydrogen-bond acceptors (Lipinski definition) is 1. The first-order chi connectivity index (χ1) is 5.76. The fourth-order valence-electron chi connectivity index (χ4n) is 1.50. The fraction of sp³-hybridized carbons (Fsp3) is 1.00. The molecule has 0 saturated heterocycles. The van der Waals surface area contributed by atoms with Crippen molar-refractivity contribution in [3.8, 4) is 0 Å². The van der Waals surface area contributed by atoms with Crippen molar-refractivity contribution in [2.24, 2.45) is 5.92 Å². The van der Waals surface area contributed by atoms with Crippen LogP contribution in [-0.2, 0) is 0 Å². The topological polar surface area (TPSA) is 12.0 Å². The van der Waals surface area contributed by atoms with Gasteiger partial charge in [-0.15, -0.1) is 0 Å². The van der Waals surface area contributed by atoms with Gasteiger partial charge in [0.25, 0.3) is 0 Å². The van der Waals surface area contributed by atoms with Crippen molar-refractivity contribution in [1.82, 2.24) is 3.53 Å². The van der Waals surface area contributed by atoms with Crippen molar-refractivity contribution in [3.63, 3.8) is 0 Å². The molecule has 0 aromatic rings. The van der Waals surface area contributed by atoms with Gasteiger partial charge in [-0.05, 0) is 18.8 Å². The van der Waals surface area contributed by atoms with Gasteiger partial charge in [0.15, 0.2) is 0 Å². The summed E-state index contributed by atoms with van der Waals surface area (Å²) in [6, 6.07) is 0.711. The SMILES string of the molecule is CCCCCC(C)C(CC)NI. The molecule has 2 heteroatoms. The quantitative estimate of drug-likeness (QED) is 0.424. The van der Waals surface area contributed by atoms with Crippen molar-refractivity contribution in [1.29, 1.82) is 0 Å². The van der Waals surface area contributed by atoms with E-state index in [1.54, 1.807) is 0 Å². The molecule has 0 amide bonds. The summed E-state index contributed by atoms with van der Waals surface area (Å²) in [5, 5.41) is 0. The molecule has 0 heterocycles. The second-order valence-electron chi connectivity index (χ2n) is 3.60. The van der Waals surface area contributed by atoms with Crippen LogP contribution in [0.4, 0.5) is 0 Å². The minimum atomic E-state index is 0.711. The predicted molar refractivity (Wildman–Crippen MR) is 64.5 cm³/mol. The van der Waals surface area contributed by atoms with Gasteiger partial charge >= 0.3 is 0 Å². The Balaban J connectivity index is 3.47. The maximum atomic E-state index is 3.35. The third-order valence-electron chi connectivity index (χ3n) is 2.53. The number of rotatable bonds is 7. The highest BCUT2D eigenvalue weighted by molar-refractivity contribution is 14.1. The molecule has 1 nitrogen and oxygen atoms in total. The van der Waals surface area contributed by atoms with E-state index in [1.807, 2.05) is 0 Å². The third-order valence-corrected chi connectivity index (χ3v) is 3.33. The lowest BCUT2D eigenvalue weighted by Gasteiger charge is -2.20. The summed E-state index contributed by atoms with van der Waals surface area (Å²) < 4.78 is 3.35. The van der Waals surface area contributed by atoms with E-state index in [4.69, 9.17) is 0 Å². The molecule has 0 rings (SSSR count). The van der Waals surface area contributed by atoms with Crippen LogP contribution >= 0.6 is 22.9 Å². The first kappa shape index (κ1) is 12.7. The standard InChI is InChI=1S/C10H22IN/c1-4-6-7-8-9(3)10(5-2)12-11/h9-10,12H,4-8H2,1-3H3. The molecule has 74 valence electrons. The molecular formula is C10H22IN. The summed E-state index contributed by atoms with van der Waals surface area (Å²) in [4.78, 5) is 0. The maximum absolute atomic E-state index is 3.35. The van der Waals surface area contributed by atoms with Crippen molar-refractivity contribution in [2.45, 2.75) is 58.9 Å². The first-order valence-electron chi connectivity index (χ1n) is 5.12. The van der Waals surface area contributed by atoms with Gasteiger partial charge in [-0.2, -0.15) is 0 Å². The van der Waals surface area contributed by atoms with Crippen LogP contribution < -0.4 is 3.53 Å². The molecular weight excluding hydrogens is 261 g/mol. The smallest absolute Gasteiger partial charge is 0.0186 e. The first-order valence-corrected chi connectivity index (χ1v) is 6.20. The largest absolute Gasteiger partial charge is 0.258 e. The summed E-state index contributed by atoms with van der Waals surface area (Å²) in [5.41, 5.74) is 0. The number of nitrogens with one attached hydrogen (secondary N) is 1. The lowest BCUT2D eigenvalue weighted by atomic mass is 9.94. The highest BCUT2D eigenvalue weighted by atomic mass is 127. The highest BCUT2D eigenvalue weighted by Crippen LogP contribution is 2.16. The van der Waals surface area contributed by atoms with E-state index in [1.165, 1.54) is 32.1 Å². The van der Waals surface area contributed by atoms with Crippen LogP contribution in [0.25, 0.3) is 0 Å². The Labute approximate surface area is 91.2 Å². The second-order valence-corrected chi connectivity index (χ2v) is 4.22. The monoisotopic (exact) mass is 283 g/mol. The minimum absolute atomic E-state index is 0.711. The van der Waals surface area contributed by atoms with Crippen molar-refractivity contribution in [2.75, 3.05) is 0 Å². The molecule has 0 fully saturated rings. The van der Waals surface area contributed by atoms with E-state index in [-0.39, 0.29) is 0 Å². The Bertz CT molecular complexity index is 91.8. The van der Waals surface area contributed by atoms with Gasteiger partial charge in [0, 0.05) is 28.9 Å². The summed E-state index contributed by atoms with van der Waals surface area (Å²) in [5.74, 6) is 0.832. The molecule has 0 aliphatic heterocycles. The van der Waals surface area contributed by atoms with E-state index >= 15 is 0 Å². The molecule has 0 bridgehead atoms. The van der Waals surface area contributed by atoms with Gasteiger partial charge in [0.2, 0.25) is 0 Å². The number of halogens is 1. The molecule has 0 aromatic carbocycles. The van der Waals surface area contributed by atoms with E-state index in [9.17, 15) is 0 Å². The predicted octanol–water partition coefficient (Wildman–Crippen LogP) is 3.92. The lowest BCUT2D eigenvalue weighted by molar-refractivity contribution is 0.389. The Morgan fingerprint density at radius 3 is 2.33 bits per heavy atom. The lowest BCUT2D eigenvalue weighted by Crippen LogP contribution is -2.27. The van der Waals surface area contributed by atoms with Gasteiger partial charge < -0.3 is 0 Å². The summed E-state index contributed by atoms with van der Waals surface area (Å²) in [6.45, 7) is 6.88. The maximum Gasteiger partial charge on any atom is 0.0186 e. The van der Waals surface area contributed by atoms with Gasteiger partial charge in [-0.25, -0.2) is 0 Å². The molecule has 0 aliphatic carbocycles. The van der Waals surface area contributed by atoms with Gasteiger partial charge in [0.1, 0.15) is 0 Å². The molecule has 1 N–H and O–H groups in total. The van der Waals surface area contributed by atoms with Crippen LogP contribution in [0.1, 0.15) is 52.9 Å². The van der Waals surface area contributed by atoms with Gasteiger partial charge in [-0.3, -0.25) is 3.53 Å². The molecule has 2 atom stereocenters. The zero-order chi connectivity index (χ0) is 9.40. The zero-order valence-electron chi connectivity index (χ0n) is 8.57. The summed E-state index contributed by atoms with van der Waals surface area (Å²) >= 11 is 2.28. The van der Waals surface area contributed by atoms with E-state index in [0.29, 0.717) is 6.04 Å². The average Bonchev–Trinajstić information content (AvgIpc) is 2.07. The molecule has 0 aliphatic rings. The zero-order valence-corrected chi connectivity index (χ0v) is 10.7. The van der Waals surface area contributed by atoms with Crippen LogP contribution in [0.3, 0.4) is 0 Å². The molecule has 0 aromatic heterocycles. The van der Waals surface area contributed by atoms with Crippen molar-refractivity contribution in [3.05, 3.63) is 0 Å². The third kappa shape index (κ3) is 5.36. The normalized spacial score (nSPS) is 16.0. The van der Waals surface area contributed by atoms with Crippen LogP contribution in [-0.4, -0.2) is 6.04 Å². The highest BCUT2D eigenvalue weighted by Gasteiger charge is 2.12. The fourth-order valence-corrected chi connectivity index (χ4v) is 2.56. The molecule has 12 heavy (non-hydrogen) atoms. The molecule has 0 saturated carbocycles. The van der Waals surface area contributed by atoms with Crippen LogP contribution in [0.15, 0.2) is 0 Å². The minimum Gasteiger partial charge on any atom is -0.258 e. The van der Waals surface area contributed by atoms with Crippen LogP contribution in [0.5, 0.6) is 0 Å². The van der Waals surface area contributed by atoms with E-state index in [0.717, 1.165) is 5.92 Å². The van der Waals surface area contributed by atoms with Gasteiger partial charge in [0.05, 0.1) is 0 Å². The summed E-state index contributed by atoms with van der Waals surface area (Å²) in [7, 11) is 0. The van der Waals surface area contributed by atoms with Crippen molar-refractivity contribution < 1.29 is 0 Å². The molecule has 0 spiro atoms. The Morgan fingerprint density at radius 2 is 1.92 bits per heavy atom. The Morgan fingerprint density at radius 1 is 1.25 bits per heavy atom. The van der Waals surface area contributed by atoms with Crippen molar-refractivity contribution >= 4 is 22.9 Å². The van der Waals surface area contributed by atoms with Gasteiger partial charge in [-0.1, -0.05) is 40.0 Å². The average molecular weight is 283 g/mol.